The molecule has 2 aromatic heterocycles. The fourth-order valence-corrected chi connectivity index (χ4v) is 6.66. The fourth-order valence-electron chi connectivity index (χ4n) is 5.69. The molecule has 0 bridgehead atoms. The highest BCUT2D eigenvalue weighted by Gasteiger charge is 2.33. The number of carbonyl (C=O) groups excluding carboxylic acids is 2. The second kappa shape index (κ2) is 16.5. The average molecular weight is 682 g/mol. The van der Waals surface area contributed by atoms with Gasteiger partial charge in [0, 0.05) is 59.9 Å². The molecule has 1 fully saturated rings. The maximum atomic E-state index is 13.4. The maximum Gasteiger partial charge on any atom is 0.262 e. The lowest BCUT2D eigenvalue weighted by molar-refractivity contribution is -0.123. The SMILES string of the molecule is CCCCCCCOc1ccc(-c2cnc(-c3ccc(CC(NC(=O)c4ccc(C(C)(C)C)s4)C(=O)NCC4(C)CNC4)cc3)nc2)cc1. The molecule has 9 heteroatoms. The van der Waals surface area contributed by atoms with Gasteiger partial charge in [-0.2, -0.15) is 0 Å². The molecule has 3 heterocycles. The number of hydrogen-bond acceptors (Lipinski definition) is 7. The minimum Gasteiger partial charge on any atom is -0.494 e. The van der Waals surface area contributed by atoms with E-state index in [0.29, 0.717) is 23.7 Å². The van der Waals surface area contributed by atoms with Crippen LogP contribution >= 0.6 is 11.3 Å². The van der Waals surface area contributed by atoms with Crippen LogP contribution in [0, 0.1) is 5.41 Å². The van der Waals surface area contributed by atoms with E-state index in [1.54, 1.807) is 0 Å². The van der Waals surface area contributed by atoms with Crippen molar-refractivity contribution < 1.29 is 14.3 Å². The van der Waals surface area contributed by atoms with E-state index >= 15 is 0 Å². The van der Waals surface area contributed by atoms with Crippen LogP contribution in [0.3, 0.4) is 0 Å². The predicted molar refractivity (Wildman–Crippen MR) is 199 cm³/mol. The van der Waals surface area contributed by atoms with Crippen LogP contribution in [-0.4, -0.2) is 54.1 Å². The number of carbonyl (C=O) groups is 2. The third-order valence-electron chi connectivity index (χ3n) is 8.99. The van der Waals surface area contributed by atoms with Crippen LogP contribution in [0.4, 0.5) is 0 Å². The number of nitrogens with one attached hydrogen (secondary N) is 3. The molecule has 0 saturated carbocycles. The summed E-state index contributed by atoms with van der Waals surface area (Å²) >= 11 is 1.47. The Bertz CT molecular complexity index is 1660. The summed E-state index contributed by atoms with van der Waals surface area (Å²) in [6.45, 7) is 13.8. The lowest BCUT2D eigenvalue weighted by Gasteiger charge is -2.39. The first-order valence-corrected chi connectivity index (χ1v) is 18.4. The molecule has 0 spiro atoms. The Morgan fingerprint density at radius 3 is 2.18 bits per heavy atom. The largest absolute Gasteiger partial charge is 0.494 e. The van der Waals surface area contributed by atoms with Crippen molar-refractivity contribution >= 4 is 23.2 Å². The van der Waals surface area contributed by atoms with Crippen LogP contribution in [-0.2, 0) is 16.6 Å². The number of benzene rings is 2. The summed E-state index contributed by atoms with van der Waals surface area (Å²) in [6, 6.07) is 19.1. The van der Waals surface area contributed by atoms with Crippen molar-refractivity contribution in [2.24, 2.45) is 5.41 Å². The molecular weight excluding hydrogens is 631 g/mol. The molecule has 1 unspecified atom stereocenters. The lowest BCUT2D eigenvalue weighted by atomic mass is 9.84. The Kier molecular flexibility index (Phi) is 12.2. The molecule has 1 aliphatic heterocycles. The topological polar surface area (TPSA) is 105 Å². The number of ether oxygens (including phenoxy) is 1. The molecule has 4 aromatic rings. The summed E-state index contributed by atoms with van der Waals surface area (Å²) in [4.78, 5) is 37.8. The number of thiophene rings is 1. The normalized spacial score (nSPS) is 14.5. The molecule has 8 nitrogen and oxygen atoms in total. The Balaban J connectivity index is 1.20. The zero-order chi connectivity index (χ0) is 34.9. The summed E-state index contributed by atoms with van der Waals surface area (Å²) < 4.78 is 5.91. The van der Waals surface area contributed by atoms with Gasteiger partial charge in [-0.15, -0.1) is 11.3 Å². The van der Waals surface area contributed by atoms with Gasteiger partial charge in [0.1, 0.15) is 11.8 Å². The highest BCUT2D eigenvalue weighted by Crippen LogP contribution is 2.30. The number of hydrogen-bond donors (Lipinski definition) is 3. The number of aromatic nitrogens is 2. The second-order valence-corrected chi connectivity index (χ2v) is 15.6. The van der Waals surface area contributed by atoms with Gasteiger partial charge in [-0.25, -0.2) is 9.97 Å². The molecule has 1 atom stereocenters. The van der Waals surface area contributed by atoms with E-state index in [1.165, 1.54) is 37.0 Å². The van der Waals surface area contributed by atoms with Crippen molar-refractivity contribution in [3.05, 3.63) is 88.4 Å². The quantitative estimate of drug-likeness (QED) is 0.105. The standard InChI is InChI=1S/C40H51N5O3S/c1-6-7-8-9-10-21-48-32-17-15-29(16-18-32)31-23-42-36(43-24-31)30-13-11-28(12-14-30)22-33(37(46)44-27-40(5)25-41-26-40)45-38(47)34-19-20-35(49-34)39(2,3)4/h11-20,23-24,33,41H,6-10,21-22,25-27H2,1-5H3,(H,44,46)(H,45,47). The van der Waals surface area contributed by atoms with Crippen molar-refractivity contribution in [2.45, 2.75) is 84.6 Å². The molecule has 0 aliphatic carbocycles. The monoisotopic (exact) mass is 681 g/mol. The predicted octanol–water partition coefficient (Wildman–Crippen LogP) is 7.59. The number of unbranched alkanes of at least 4 members (excludes halogenated alkanes) is 4. The van der Waals surface area contributed by atoms with Crippen LogP contribution in [0.2, 0.25) is 0 Å². The van der Waals surface area contributed by atoms with Crippen molar-refractivity contribution in [2.75, 3.05) is 26.2 Å². The van der Waals surface area contributed by atoms with E-state index in [1.807, 2.05) is 73.1 Å². The molecule has 0 radical (unpaired) electrons. The molecule has 260 valence electrons. The van der Waals surface area contributed by atoms with Crippen LogP contribution in [0.5, 0.6) is 5.75 Å². The van der Waals surface area contributed by atoms with Gasteiger partial charge >= 0.3 is 0 Å². The van der Waals surface area contributed by atoms with Crippen LogP contribution < -0.4 is 20.7 Å². The van der Waals surface area contributed by atoms with Gasteiger partial charge in [0.2, 0.25) is 5.91 Å². The number of rotatable bonds is 16. The summed E-state index contributed by atoms with van der Waals surface area (Å²) in [5.41, 5.74) is 3.75. The van der Waals surface area contributed by atoms with E-state index in [0.717, 1.165) is 59.0 Å². The molecule has 2 amide bonds. The van der Waals surface area contributed by atoms with Crippen LogP contribution in [0.1, 0.15) is 86.8 Å². The molecule has 3 N–H and O–H groups in total. The van der Waals surface area contributed by atoms with E-state index in [4.69, 9.17) is 4.74 Å². The third-order valence-corrected chi connectivity index (χ3v) is 10.5. The van der Waals surface area contributed by atoms with Crippen LogP contribution in [0.15, 0.2) is 73.1 Å². The minimum atomic E-state index is -0.715. The van der Waals surface area contributed by atoms with Gasteiger partial charge < -0.3 is 20.7 Å². The van der Waals surface area contributed by atoms with Gasteiger partial charge in [-0.05, 0) is 47.2 Å². The van der Waals surface area contributed by atoms with E-state index < -0.39 is 6.04 Å². The Labute approximate surface area is 295 Å². The highest BCUT2D eigenvalue weighted by atomic mass is 32.1. The third kappa shape index (κ3) is 10.2. The Hall–Kier alpha value is -4.08. The van der Waals surface area contributed by atoms with Crippen molar-refractivity contribution in [3.63, 3.8) is 0 Å². The van der Waals surface area contributed by atoms with Gasteiger partial charge in [0.15, 0.2) is 5.82 Å². The highest BCUT2D eigenvalue weighted by molar-refractivity contribution is 7.14. The second-order valence-electron chi connectivity index (χ2n) is 14.6. The van der Waals surface area contributed by atoms with Gasteiger partial charge in [-0.3, -0.25) is 9.59 Å². The molecular formula is C40H51N5O3S. The zero-order valence-corrected chi connectivity index (χ0v) is 30.4. The van der Waals surface area contributed by atoms with Gasteiger partial charge in [0.25, 0.3) is 5.91 Å². The number of amides is 2. The summed E-state index contributed by atoms with van der Waals surface area (Å²) in [5, 5.41) is 9.38. The Morgan fingerprint density at radius 2 is 1.57 bits per heavy atom. The van der Waals surface area contributed by atoms with E-state index in [2.05, 4.69) is 60.5 Å². The summed E-state index contributed by atoms with van der Waals surface area (Å²) in [7, 11) is 0. The average Bonchev–Trinajstić information content (AvgIpc) is 3.60. The molecule has 2 aromatic carbocycles. The first-order valence-electron chi connectivity index (χ1n) is 17.6. The molecule has 1 saturated heterocycles. The Morgan fingerprint density at radius 1 is 0.898 bits per heavy atom. The minimum absolute atomic E-state index is 0.0296. The summed E-state index contributed by atoms with van der Waals surface area (Å²) in [6.07, 6.45) is 10.1. The van der Waals surface area contributed by atoms with E-state index in [-0.39, 0.29) is 22.6 Å². The molecule has 49 heavy (non-hydrogen) atoms. The maximum absolute atomic E-state index is 13.4. The lowest BCUT2D eigenvalue weighted by Crippen LogP contribution is -2.58. The molecule has 5 rings (SSSR count). The van der Waals surface area contributed by atoms with Gasteiger partial charge in [0.05, 0.1) is 11.5 Å². The van der Waals surface area contributed by atoms with Gasteiger partial charge in [-0.1, -0.05) is 96.7 Å². The van der Waals surface area contributed by atoms with Crippen LogP contribution in [0.25, 0.3) is 22.5 Å². The zero-order valence-electron chi connectivity index (χ0n) is 29.6. The fraction of sp³-hybridized carbons (Fsp3) is 0.450. The smallest absolute Gasteiger partial charge is 0.262 e. The van der Waals surface area contributed by atoms with Crippen molar-refractivity contribution in [3.8, 4) is 28.3 Å². The first-order chi connectivity index (χ1) is 23.5. The number of nitrogens with zero attached hydrogens (tertiary/aromatic N) is 2. The van der Waals surface area contributed by atoms with E-state index in [9.17, 15) is 9.59 Å². The summed E-state index contributed by atoms with van der Waals surface area (Å²) in [5.74, 6) is 1.08. The first kappa shape index (κ1) is 36.2. The molecule has 1 aliphatic rings. The van der Waals surface area contributed by atoms with Crippen molar-refractivity contribution in [1.29, 1.82) is 0 Å². The van der Waals surface area contributed by atoms with Crippen molar-refractivity contribution in [1.82, 2.24) is 25.9 Å².